The quantitative estimate of drug-likeness (QED) is 0.848. The van der Waals surface area contributed by atoms with Crippen LogP contribution in [-0.4, -0.2) is 41.5 Å². The van der Waals surface area contributed by atoms with Crippen LogP contribution in [0.2, 0.25) is 0 Å². The Morgan fingerprint density at radius 1 is 1.50 bits per heavy atom. The van der Waals surface area contributed by atoms with Gasteiger partial charge in [-0.1, -0.05) is 6.07 Å². The number of hydrogen-bond donors (Lipinski definition) is 2. The average molecular weight is 251 g/mol. The summed E-state index contributed by atoms with van der Waals surface area (Å²) in [5.74, 6) is -0.613. The monoisotopic (exact) mass is 251 g/mol. The number of β-amino-alcohol motifs (C(OH)–C–C–N with tert-alkyl or cyclic N) is 1. The highest BCUT2D eigenvalue weighted by molar-refractivity contribution is 5.93. The molecule has 5 heteroatoms. The molecule has 0 radical (unpaired) electrons. The number of rotatable bonds is 3. The first kappa shape index (κ1) is 12.7. The van der Waals surface area contributed by atoms with Gasteiger partial charge in [0.15, 0.2) is 5.75 Å². The van der Waals surface area contributed by atoms with E-state index in [0.717, 1.165) is 5.69 Å². The minimum atomic E-state index is -1.00. The second-order valence-corrected chi connectivity index (χ2v) is 5.04. The maximum Gasteiger partial charge on any atom is 0.339 e. The van der Waals surface area contributed by atoms with E-state index < -0.39 is 11.6 Å². The van der Waals surface area contributed by atoms with Crippen molar-refractivity contribution in [3.8, 4) is 5.75 Å². The second kappa shape index (κ2) is 4.49. The third-order valence-electron chi connectivity index (χ3n) is 2.75. The first-order chi connectivity index (χ1) is 8.38. The molecule has 0 amide bonds. The fourth-order valence-electron chi connectivity index (χ4n) is 2.10. The number of aromatic carboxylic acids is 1. The number of para-hydroxylation sites is 1. The molecular formula is C13H17NO4. The fourth-order valence-corrected chi connectivity index (χ4v) is 2.10. The van der Waals surface area contributed by atoms with E-state index in [4.69, 9.17) is 9.84 Å². The zero-order valence-electron chi connectivity index (χ0n) is 10.5. The van der Waals surface area contributed by atoms with Crippen LogP contribution in [0.5, 0.6) is 5.75 Å². The lowest BCUT2D eigenvalue weighted by molar-refractivity contribution is 0.0691. The maximum absolute atomic E-state index is 11.1. The molecule has 1 aliphatic heterocycles. The molecule has 0 bridgehead atoms. The summed E-state index contributed by atoms with van der Waals surface area (Å²) in [5, 5.41) is 19.0. The number of benzene rings is 1. The summed E-state index contributed by atoms with van der Waals surface area (Å²) in [4.78, 5) is 13.1. The van der Waals surface area contributed by atoms with Crippen LogP contribution in [0.15, 0.2) is 18.2 Å². The van der Waals surface area contributed by atoms with Crippen molar-refractivity contribution in [1.29, 1.82) is 0 Å². The largest absolute Gasteiger partial charge is 0.489 e. The molecule has 1 aliphatic rings. The Bertz CT molecular complexity index is 465. The molecule has 0 saturated heterocycles. The normalized spacial score (nSPS) is 14.9. The Labute approximate surface area is 106 Å². The van der Waals surface area contributed by atoms with Gasteiger partial charge in [0.25, 0.3) is 0 Å². The van der Waals surface area contributed by atoms with E-state index in [-0.39, 0.29) is 5.56 Å². The average Bonchev–Trinajstić information content (AvgIpc) is 2.26. The zero-order valence-corrected chi connectivity index (χ0v) is 10.5. The molecule has 5 nitrogen and oxygen atoms in total. The van der Waals surface area contributed by atoms with Crippen molar-refractivity contribution in [3.05, 3.63) is 23.8 Å². The first-order valence-corrected chi connectivity index (χ1v) is 5.85. The van der Waals surface area contributed by atoms with Gasteiger partial charge in [0.05, 0.1) is 17.8 Å². The highest BCUT2D eigenvalue weighted by Crippen LogP contribution is 2.35. The van der Waals surface area contributed by atoms with Crippen LogP contribution in [0.1, 0.15) is 24.2 Å². The summed E-state index contributed by atoms with van der Waals surface area (Å²) in [6.07, 6.45) is 0. The fraction of sp³-hybridized carbons (Fsp3) is 0.462. The minimum absolute atomic E-state index is 0.160. The number of anilines is 1. The van der Waals surface area contributed by atoms with E-state index in [9.17, 15) is 9.90 Å². The smallest absolute Gasteiger partial charge is 0.339 e. The van der Waals surface area contributed by atoms with Crippen molar-refractivity contribution in [2.75, 3.05) is 24.6 Å². The Morgan fingerprint density at radius 2 is 2.22 bits per heavy atom. The van der Waals surface area contributed by atoms with Crippen molar-refractivity contribution in [3.63, 3.8) is 0 Å². The van der Waals surface area contributed by atoms with Crippen LogP contribution in [0, 0.1) is 0 Å². The molecule has 0 unspecified atom stereocenters. The van der Waals surface area contributed by atoms with E-state index >= 15 is 0 Å². The van der Waals surface area contributed by atoms with E-state index in [1.807, 2.05) is 11.0 Å². The summed E-state index contributed by atoms with van der Waals surface area (Å²) in [5.41, 5.74) is 0.0459. The number of aliphatic hydroxyl groups is 1. The van der Waals surface area contributed by atoms with Gasteiger partial charge in [-0.3, -0.25) is 0 Å². The maximum atomic E-state index is 11.1. The van der Waals surface area contributed by atoms with Gasteiger partial charge >= 0.3 is 5.97 Å². The zero-order chi connectivity index (χ0) is 13.3. The molecule has 1 heterocycles. The first-order valence-electron chi connectivity index (χ1n) is 5.85. The molecular weight excluding hydrogens is 234 g/mol. The molecule has 2 N–H and O–H groups in total. The highest BCUT2D eigenvalue weighted by atomic mass is 16.5. The van der Waals surface area contributed by atoms with Gasteiger partial charge in [0, 0.05) is 6.54 Å². The van der Waals surface area contributed by atoms with Crippen molar-refractivity contribution in [1.82, 2.24) is 0 Å². The van der Waals surface area contributed by atoms with Crippen LogP contribution in [0.3, 0.4) is 0 Å². The second-order valence-electron chi connectivity index (χ2n) is 5.04. The van der Waals surface area contributed by atoms with Gasteiger partial charge in [-0.05, 0) is 26.0 Å². The van der Waals surface area contributed by atoms with Crippen LogP contribution in [0.4, 0.5) is 5.69 Å². The standard InChI is InChI=1S/C13H17NO4/c1-13(2,17)8-14-6-7-18-11-9(12(15)16)4-3-5-10(11)14/h3-5,17H,6-8H2,1-2H3,(H,15,16). The Kier molecular flexibility index (Phi) is 3.17. The lowest BCUT2D eigenvalue weighted by Crippen LogP contribution is -2.43. The minimum Gasteiger partial charge on any atom is -0.489 e. The van der Waals surface area contributed by atoms with Crippen LogP contribution < -0.4 is 9.64 Å². The number of hydrogen-bond acceptors (Lipinski definition) is 4. The van der Waals surface area contributed by atoms with Gasteiger partial charge in [0.2, 0.25) is 0 Å². The summed E-state index contributed by atoms with van der Waals surface area (Å²) in [6.45, 7) is 4.95. The number of ether oxygens (including phenoxy) is 1. The van der Waals surface area contributed by atoms with Gasteiger partial charge in [-0.2, -0.15) is 0 Å². The lowest BCUT2D eigenvalue weighted by atomic mass is 10.1. The van der Waals surface area contributed by atoms with Crippen LogP contribution in [0.25, 0.3) is 0 Å². The summed E-state index contributed by atoms with van der Waals surface area (Å²) >= 11 is 0. The van der Waals surface area contributed by atoms with Crippen LogP contribution >= 0.6 is 0 Å². The Hall–Kier alpha value is -1.75. The molecule has 0 aromatic heterocycles. The molecule has 18 heavy (non-hydrogen) atoms. The molecule has 0 saturated carbocycles. The van der Waals surface area contributed by atoms with E-state index in [0.29, 0.717) is 25.4 Å². The molecule has 1 aromatic carbocycles. The van der Waals surface area contributed by atoms with Gasteiger partial charge < -0.3 is 19.8 Å². The Balaban J connectivity index is 2.38. The number of fused-ring (bicyclic) bond motifs is 1. The predicted molar refractivity (Wildman–Crippen MR) is 67.4 cm³/mol. The molecule has 0 atom stereocenters. The Morgan fingerprint density at radius 3 is 2.83 bits per heavy atom. The van der Waals surface area contributed by atoms with Gasteiger partial charge in [-0.15, -0.1) is 0 Å². The summed E-state index contributed by atoms with van der Waals surface area (Å²) < 4.78 is 5.46. The number of carboxylic acids is 1. The third kappa shape index (κ3) is 2.56. The van der Waals surface area contributed by atoms with Gasteiger partial charge in [0.1, 0.15) is 12.2 Å². The number of carboxylic acid groups (broad SMARTS) is 1. The van der Waals surface area contributed by atoms with Gasteiger partial charge in [-0.25, -0.2) is 4.79 Å². The molecule has 0 aliphatic carbocycles. The van der Waals surface area contributed by atoms with E-state index in [1.165, 1.54) is 6.07 Å². The van der Waals surface area contributed by atoms with Crippen molar-refractivity contribution >= 4 is 11.7 Å². The molecule has 0 spiro atoms. The van der Waals surface area contributed by atoms with Crippen molar-refractivity contribution in [2.45, 2.75) is 19.4 Å². The van der Waals surface area contributed by atoms with E-state index in [1.54, 1.807) is 19.9 Å². The van der Waals surface area contributed by atoms with Crippen LogP contribution in [-0.2, 0) is 0 Å². The molecule has 2 rings (SSSR count). The third-order valence-corrected chi connectivity index (χ3v) is 2.75. The summed E-state index contributed by atoms with van der Waals surface area (Å²) in [7, 11) is 0. The predicted octanol–water partition coefficient (Wildman–Crippen LogP) is 1.35. The van der Waals surface area contributed by atoms with E-state index in [2.05, 4.69) is 0 Å². The highest BCUT2D eigenvalue weighted by Gasteiger charge is 2.27. The topological polar surface area (TPSA) is 70.0 Å². The molecule has 98 valence electrons. The summed E-state index contributed by atoms with van der Waals surface area (Å²) in [6, 6.07) is 5.02. The number of carbonyl (C=O) groups is 1. The number of nitrogens with zero attached hydrogens (tertiary/aromatic N) is 1. The lowest BCUT2D eigenvalue weighted by Gasteiger charge is -2.35. The molecule has 1 aromatic rings. The molecule has 0 fully saturated rings. The van der Waals surface area contributed by atoms with Crippen molar-refractivity contribution in [2.24, 2.45) is 0 Å². The SMILES string of the molecule is CC(C)(O)CN1CCOc2c(C(=O)O)cccc21. The van der Waals surface area contributed by atoms with Crippen molar-refractivity contribution < 1.29 is 19.7 Å².